The van der Waals surface area contributed by atoms with Gasteiger partial charge in [0, 0.05) is 31.6 Å². The Hall–Kier alpha value is -3.48. The SMILES string of the molecule is O=C(NCc1ccccc1CN1CCOCC1)c1cc(-c2ccco2)nc2ccccc12. The van der Waals surface area contributed by atoms with E-state index >= 15 is 0 Å². The lowest BCUT2D eigenvalue weighted by atomic mass is 10.0. The van der Waals surface area contributed by atoms with Crippen LogP contribution >= 0.6 is 0 Å². The zero-order valence-corrected chi connectivity index (χ0v) is 17.8. The maximum atomic E-state index is 13.3. The van der Waals surface area contributed by atoms with Crippen LogP contribution in [0.25, 0.3) is 22.4 Å². The Labute approximate surface area is 186 Å². The molecule has 162 valence electrons. The topological polar surface area (TPSA) is 67.6 Å². The number of furan rings is 1. The number of nitrogens with zero attached hydrogens (tertiary/aromatic N) is 2. The zero-order chi connectivity index (χ0) is 21.8. The van der Waals surface area contributed by atoms with Gasteiger partial charge in [0.1, 0.15) is 5.69 Å². The molecule has 0 bridgehead atoms. The Morgan fingerprint density at radius 1 is 0.969 bits per heavy atom. The highest BCUT2D eigenvalue weighted by Gasteiger charge is 2.16. The second-order valence-electron chi connectivity index (χ2n) is 7.89. The molecule has 1 N–H and O–H groups in total. The number of carbonyl (C=O) groups excluding carboxylic acids is 1. The van der Waals surface area contributed by atoms with Crippen molar-refractivity contribution < 1.29 is 13.9 Å². The van der Waals surface area contributed by atoms with Gasteiger partial charge in [0.2, 0.25) is 0 Å². The Bertz CT molecular complexity index is 1210. The highest BCUT2D eigenvalue weighted by atomic mass is 16.5. The first kappa shape index (κ1) is 20.4. The third-order valence-corrected chi connectivity index (χ3v) is 5.79. The number of pyridine rings is 1. The maximum absolute atomic E-state index is 13.3. The molecule has 6 nitrogen and oxygen atoms in total. The van der Waals surface area contributed by atoms with Gasteiger partial charge in [-0.2, -0.15) is 0 Å². The minimum Gasteiger partial charge on any atom is -0.463 e. The van der Waals surface area contributed by atoms with Crippen molar-refractivity contribution in [2.75, 3.05) is 26.3 Å². The summed E-state index contributed by atoms with van der Waals surface area (Å²) in [6, 6.07) is 21.4. The second kappa shape index (κ2) is 9.34. The van der Waals surface area contributed by atoms with Gasteiger partial charge >= 0.3 is 0 Å². The fourth-order valence-electron chi connectivity index (χ4n) is 4.07. The fourth-order valence-corrected chi connectivity index (χ4v) is 4.07. The first-order chi connectivity index (χ1) is 15.8. The van der Waals surface area contributed by atoms with Crippen LogP contribution in [0.15, 0.2) is 77.4 Å². The molecule has 5 rings (SSSR count). The molecule has 2 aromatic carbocycles. The summed E-state index contributed by atoms with van der Waals surface area (Å²) in [6.45, 7) is 4.72. The lowest BCUT2D eigenvalue weighted by molar-refractivity contribution is 0.0340. The van der Waals surface area contributed by atoms with Crippen LogP contribution in [0.4, 0.5) is 0 Å². The second-order valence-corrected chi connectivity index (χ2v) is 7.89. The van der Waals surface area contributed by atoms with E-state index in [0.29, 0.717) is 23.6 Å². The Balaban J connectivity index is 1.38. The van der Waals surface area contributed by atoms with E-state index in [-0.39, 0.29) is 5.91 Å². The van der Waals surface area contributed by atoms with Gasteiger partial charge in [-0.25, -0.2) is 4.98 Å². The van der Waals surface area contributed by atoms with Crippen LogP contribution in [0, 0.1) is 0 Å². The first-order valence-electron chi connectivity index (χ1n) is 10.9. The average Bonchev–Trinajstić information content (AvgIpc) is 3.38. The molecule has 1 amide bonds. The molecule has 0 radical (unpaired) electrons. The molecule has 1 aliphatic rings. The molecular formula is C26H25N3O3. The molecule has 1 saturated heterocycles. The predicted molar refractivity (Wildman–Crippen MR) is 123 cm³/mol. The van der Waals surface area contributed by atoms with Gasteiger partial charge in [0.25, 0.3) is 5.91 Å². The number of aromatic nitrogens is 1. The van der Waals surface area contributed by atoms with Crippen molar-refractivity contribution in [1.29, 1.82) is 0 Å². The Kier molecular flexibility index (Phi) is 5.96. The molecule has 1 aliphatic heterocycles. The predicted octanol–water partition coefficient (Wildman–Crippen LogP) is 4.26. The molecule has 32 heavy (non-hydrogen) atoms. The van der Waals surface area contributed by atoms with Crippen LogP contribution < -0.4 is 5.32 Å². The van der Waals surface area contributed by atoms with Crippen molar-refractivity contribution in [2.24, 2.45) is 0 Å². The van der Waals surface area contributed by atoms with E-state index in [1.165, 1.54) is 5.56 Å². The van der Waals surface area contributed by atoms with E-state index in [2.05, 4.69) is 27.3 Å². The van der Waals surface area contributed by atoms with Crippen LogP contribution in [-0.4, -0.2) is 42.1 Å². The summed E-state index contributed by atoms with van der Waals surface area (Å²) in [6.07, 6.45) is 1.61. The number of hydrogen-bond acceptors (Lipinski definition) is 5. The van der Waals surface area contributed by atoms with E-state index in [4.69, 9.17) is 9.15 Å². The Morgan fingerprint density at radius 3 is 2.56 bits per heavy atom. The van der Waals surface area contributed by atoms with Crippen molar-refractivity contribution >= 4 is 16.8 Å². The summed E-state index contributed by atoms with van der Waals surface area (Å²) in [7, 11) is 0. The molecule has 0 unspecified atom stereocenters. The standard InChI is InChI=1S/C26H25N3O3/c30-26(27-17-19-6-1-2-7-20(19)18-29-11-14-31-15-12-29)22-16-24(25-10-5-13-32-25)28-23-9-4-3-8-21(22)23/h1-10,13,16H,11-12,14-15,17-18H2,(H,27,30). The summed E-state index contributed by atoms with van der Waals surface area (Å²) >= 11 is 0. The summed E-state index contributed by atoms with van der Waals surface area (Å²) in [4.78, 5) is 20.3. The van der Waals surface area contributed by atoms with E-state index in [1.807, 2.05) is 48.5 Å². The maximum Gasteiger partial charge on any atom is 0.252 e. The van der Waals surface area contributed by atoms with E-state index in [9.17, 15) is 4.79 Å². The number of fused-ring (bicyclic) bond motifs is 1. The molecule has 0 aliphatic carbocycles. The fraction of sp³-hybridized carbons (Fsp3) is 0.231. The molecule has 4 aromatic rings. The van der Waals surface area contributed by atoms with Crippen LogP contribution in [0.5, 0.6) is 0 Å². The van der Waals surface area contributed by atoms with E-state index in [1.54, 1.807) is 12.3 Å². The van der Waals surface area contributed by atoms with Gasteiger partial charge in [-0.05, 0) is 35.4 Å². The van der Waals surface area contributed by atoms with Crippen LogP contribution in [-0.2, 0) is 17.8 Å². The normalized spacial score (nSPS) is 14.5. The first-order valence-corrected chi connectivity index (χ1v) is 10.9. The van der Waals surface area contributed by atoms with Crippen molar-refractivity contribution in [2.45, 2.75) is 13.1 Å². The van der Waals surface area contributed by atoms with E-state index < -0.39 is 0 Å². The minimum atomic E-state index is -0.127. The summed E-state index contributed by atoms with van der Waals surface area (Å²) in [5.74, 6) is 0.512. The highest BCUT2D eigenvalue weighted by molar-refractivity contribution is 6.07. The van der Waals surface area contributed by atoms with Crippen molar-refractivity contribution in [3.63, 3.8) is 0 Å². The van der Waals surface area contributed by atoms with Crippen molar-refractivity contribution in [3.05, 3.63) is 89.7 Å². The minimum absolute atomic E-state index is 0.127. The number of hydrogen-bond donors (Lipinski definition) is 1. The zero-order valence-electron chi connectivity index (χ0n) is 17.8. The molecule has 0 atom stereocenters. The lowest BCUT2D eigenvalue weighted by Crippen LogP contribution is -2.36. The number of rotatable bonds is 6. The van der Waals surface area contributed by atoms with Gasteiger partial charge in [-0.1, -0.05) is 42.5 Å². The number of benzene rings is 2. The molecule has 0 saturated carbocycles. The number of amides is 1. The molecule has 2 aromatic heterocycles. The average molecular weight is 428 g/mol. The van der Waals surface area contributed by atoms with Crippen LogP contribution in [0.3, 0.4) is 0 Å². The molecule has 1 fully saturated rings. The Morgan fingerprint density at radius 2 is 1.75 bits per heavy atom. The number of ether oxygens (including phenoxy) is 1. The monoisotopic (exact) mass is 427 g/mol. The van der Waals surface area contributed by atoms with Gasteiger partial charge < -0.3 is 14.5 Å². The van der Waals surface area contributed by atoms with Gasteiger partial charge in [0.15, 0.2) is 5.76 Å². The largest absolute Gasteiger partial charge is 0.463 e. The molecule has 0 spiro atoms. The van der Waals surface area contributed by atoms with Crippen molar-refractivity contribution in [3.8, 4) is 11.5 Å². The van der Waals surface area contributed by atoms with E-state index in [0.717, 1.165) is 49.3 Å². The summed E-state index contributed by atoms with van der Waals surface area (Å²) in [5, 5.41) is 3.94. The third kappa shape index (κ3) is 4.42. The molecule has 3 heterocycles. The number of para-hydroxylation sites is 1. The van der Waals surface area contributed by atoms with Crippen LogP contribution in [0.1, 0.15) is 21.5 Å². The summed E-state index contributed by atoms with van der Waals surface area (Å²) in [5.41, 5.74) is 4.35. The highest BCUT2D eigenvalue weighted by Crippen LogP contribution is 2.25. The summed E-state index contributed by atoms with van der Waals surface area (Å²) < 4.78 is 11.0. The smallest absolute Gasteiger partial charge is 0.252 e. The number of carbonyl (C=O) groups is 1. The van der Waals surface area contributed by atoms with Crippen molar-refractivity contribution in [1.82, 2.24) is 15.2 Å². The van der Waals surface area contributed by atoms with Gasteiger partial charge in [-0.3, -0.25) is 9.69 Å². The number of nitrogens with one attached hydrogen (secondary N) is 1. The van der Waals surface area contributed by atoms with Gasteiger partial charge in [-0.15, -0.1) is 0 Å². The lowest BCUT2D eigenvalue weighted by Gasteiger charge is -2.27. The quantitative estimate of drug-likeness (QED) is 0.498. The molecular weight excluding hydrogens is 402 g/mol. The van der Waals surface area contributed by atoms with Crippen LogP contribution in [0.2, 0.25) is 0 Å². The number of morpholine rings is 1. The molecule has 6 heteroatoms. The third-order valence-electron chi connectivity index (χ3n) is 5.79. The van der Waals surface area contributed by atoms with Gasteiger partial charge in [0.05, 0.1) is 30.6 Å².